The molecule has 2 unspecified atom stereocenters. The van der Waals surface area contributed by atoms with Crippen LogP contribution in [-0.2, 0) is 41.1 Å². The molecule has 5 nitrogen and oxygen atoms in total. The van der Waals surface area contributed by atoms with Crippen molar-refractivity contribution in [3.05, 3.63) is 101 Å². The Kier molecular flexibility index (Phi) is 8.64. The highest BCUT2D eigenvalue weighted by Crippen LogP contribution is 2.61. The Bertz CT molecular complexity index is 1640. The van der Waals surface area contributed by atoms with Crippen molar-refractivity contribution in [3.8, 4) is 0 Å². The summed E-state index contributed by atoms with van der Waals surface area (Å²) in [6, 6.07) is 7.52. The highest BCUT2D eigenvalue weighted by Gasteiger charge is 2.74. The van der Waals surface area contributed by atoms with E-state index in [0.717, 1.165) is 30.3 Å². The molecule has 0 amide bonds. The second-order valence-corrected chi connectivity index (χ2v) is 13.6. The van der Waals surface area contributed by atoms with Crippen molar-refractivity contribution in [1.82, 2.24) is 0 Å². The van der Waals surface area contributed by atoms with Gasteiger partial charge in [0, 0.05) is 11.1 Å². The minimum Gasteiger partial charge on any atom is -0.460 e. The minimum atomic E-state index is -6.23. The highest BCUT2D eigenvalue weighted by atomic mass is 32.2. The maximum Gasteiger partial charge on any atom is 0.430 e. The molecule has 15 heteroatoms. The number of sulfone groups is 1. The third-order valence-electron chi connectivity index (χ3n) is 7.28. The van der Waals surface area contributed by atoms with Crippen molar-refractivity contribution in [2.75, 3.05) is 0 Å². The van der Waals surface area contributed by atoms with E-state index in [1.54, 1.807) is 0 Å². The lowest BCUT2D eigenvalue weighted by molar-refractivity contribution is -0.392. The molecule has 1 aliphatic rings. The highest BCUT2D eigenvalue weighted by molar-refractivity contribution is 7.92. The summed E-state index contributed by atoms with van der Waals surface area (Å²) < 4.78 is 163. The second-order valence-electron chi connectivity index (χ2n) is 11.4. The van der Waals surface area contributed by atoms with Crippen LogP contribution in [0.1, 0.15) is 43.9 Å². The van der Waals surface area contributed by atoms with Gasteiger partial charge in [0.15, 0.2) is 9.84 Å². The Balaban J connectivity index is 1.85. The third-order valence-corrected chi connectivity index (χ3v) is 9.82. The van der Waals surface area contributed by atoms with Crippen molar-refractivity contribution >= 4 is 15.8 Å². The standard InChI is InChI=1S/C30H25F9O5S/c1-26(2,3)44-25(40)22-15-27(22,45(41,42)20-13-11-19(31)12-14-20)17-7-9-18(10-8-17)28(29(34,35)36,30(37,38)39)43-16-21-23(32)5-4-6-24(21)33/h4-14,22H,15-16H2,1-3H3. The van der Waals surface area contributed by atoms with E-state index < -0.39 is 96.5 Å². The first-order valence-electron chi connectivity index (χ1n) is 13.1. The molecule has 0 saturated heterocycles. The number of ether oxygens (including phenoxy) is 2. The van der Waals surface area contributed by atoms with Gasteiger partial charge in [-0.05, 0) is 69.2 Å². The average molecular weight is 669 g/mol. The summed E-state index contributed by atoms with van der Waals surface area (Å²) in [6.07, 6.45) is -12.9. The summed E-state index contributed by atoms with van der Waals surface area (Å²) in [4.78, 5) is 12.5. The zero-order chi connectivity index (χ0) is 33.8. The molecule has 1 fully saturated rings. The molecule has 3 aromatic carbocycles. The maximum atomic E-state index is 14.4. The van der Waals surface area contributed by atoms with Crippen molar-refractivity contribution in [2.45, 2.75) is 67.0 Å². The molecule has 0 heterocycles. The molecule has 0 bridgehead atoms. The monoisotopic (exact) mass is 668 g/mol. The van der Waals surface area contributed by atoms with E-state index in [1.165, 1.54) is 20.8 Å². The van der Waals surface area contributed by atoms with Crippen LogP contribution in [0.15, 0.2) is 71.6 Å². The molecule has 0 radical (unpaired) electrons. The van der Waals surface area contributed by atoms with Crippen LogP contribution in [-0.4, -0.2) is 32.3 Å². The van der Waals surface area contributed by atoms with Gasteiger partial charge < -0.3 is 9.47 Å². The number of esters is 1. The van der Waals surface area contributed by atoms with Gasteiger partial charge >= 0.3 is 18.3 Å². The molecular formula is C30H25F9O5S. The smallest absolute Gasteiger partial charge is 0.430 e. The van der Waals surface area contributed by atoms with Crippen molar-refractivity contribution < 1.29 is 62.2 Å². The fourth-order valence-electron chi connectivity index (χ4n) is 5.06. The quantitative estimate of drug-likeness (QED) is 0.140. The molecule has 0 spiro atoms. The SMILES string of the molecule is CC(C)(C)OC(=O)C1CC1(c1ccc(C(OCc2c(F)cccc2F)(C(F)(F)F)C(F)(F)F)cc1)S(=O)(=O)c1ccc(F)cc1. The minimum absolute atomic E-state index is 0.320. The Labute approximate surface area is 251 Å². The zero-order valence-corrected chi connectivity index (χ0v) is 24.5. The third kappa shape index (κ3) is 6.03. The van der Waals surface area contributed by atoms with Gasteiger partial charge in [-0.1, -0.05) is 30.3 Å². The number of benzene rings is 3. The van der Waals surface area contributed by atoms with Crippen LogP contribution in [0.4, 0.5) is 39.5 Å². The molecular weight excluding hydrogens is 643 g/mol. The number of hydrogen-bond donors (Lipinski definition) is 0. The predicted molar refractivity (Wildman–Crippen MR) is 141 cm³/mol. The lowest BCUT2D eigenvalue weighted by atomic mass is 9.90. The second kappa shape index (κ2) is 11.3. The molecule has 1 aliphatic carbocycles. The lowest BCUT2D eigenvalue weighted by Crippen LogP contribution is -2.56. The van der Waals surface area contributed by atoms with E-state index in [9.17, 15) is 52.7 Å². The van der Waals surface area contributed by atoms with Gasteiger partial charge in [0.1, 0.15) is 27.8 Å². The molecule has 45 heavy (non-hydrogen) atoms. The van der Waals surface area contributed by atoms with Gasteiger partial charge in [0.2, 0.25) is 0 Å². The summed E-state index contributed by atoms with van der Waals surface area (Å²) >= 11 is 0. The van der Waals surface area contributed by atoms with Crippen LogP contribution in [0.3, 0.4) is 0 Å². The van der Waals surface area contributed by atoms with Gasteiger partial charge in [-0.25, -0.2) is 21.6 Å². The van der Waals surface area contributed by atoms with Gasteiger partial charge in [-0.3, -0.25) is 4.79 Å². The van der Waals surface area contributed by atoms with Crippen molar-refractivity contribution in [2.24, 2.45) is 5.92 Å². The van der Waals surface area contributed by atoms with Gasteiger partial charge in [-0.15, -0.1) is 0 Å². The normalized spacial score (nSPS) is 19.3. The number of rotatable bonds is 8. The molecule has 4 rings (SSSR count). The van der Waals surface area contributed by atoms with Crippen LogP contribution in [0.25, 0.3) is 0 Å². The fraction of sp³-hybridized carbons (Fsp3) is 0.367. The van der Waals surface area contributed by atoms with Crippen LogP contribution < -0.4 is 0 Å². The summed E-state index contributed by atoms with van der Waals surface area (Å²) in [5.41, 5.74) is -9.31. The number of halogens is 9. The summed E-state index contributed by atoms with van der Waals surface area (Å²) in [5, 5.41) is 0. The maximum absolute atomic E-state index is 14.4. The van der Waals surface area contributed by atoms with Crippen LogP contribution >= 0.6 is 0 Å². The molecule has 2 atom stereocenters. The molecule has 1 saturated carbocycles. The first-order chi connectivity index (χ1) is 20.6. The molecule has 0 aromatic heterocycles. The van der Waals surface area contributed by atoms with Crippen LogP contribution in [0.5, 0.6) is 0 Å². The Hall–Kier alpha value is -3.59. The van der Waals surface area contributed by atoms with E-state index in [-0.39, 0.29) is 5.56 Å². The first kappa shape index (κ1) is 34.3. The first-order valence-corrected chi connectivity index (χ1v) is 14.6. The number of hydrogen-bond acceptors (Lipinski definition) is 5. The van der Waals surface area contributed by atoms with Crippen LogP contribution in [0, 0.1) is 23.4 Å². The van der Waals surface area contributed by atoms with E-state index in [0.29, 0.717) is 36.4 Å². The zero-order valence-electron chi connectivity index (χ0n) is 23.7. The Morgan fingerprint density at radius 3 is 1.80 bits per heavy atom. The largest absolute Gasteiger partial charge is 0.460 e. The van der Waals surface area contributed by atoms with Gasteiger partial charge in [-0.2, -0.15) is 26.3 Å². The summed E-state index contributed by atoms with van der Waals surface area (Å²) in [5.74, 6) is -6.10. The number of alkyl halides is 6. The Morgan fingerprint density at radius 2 is 1.33 bits per heavy atom. The number of carbonyl (C=O) groups is 1. The molecule has 0 aliphatic heterocycles. The summed E-state index contributed by atoms with van der Waals surface area (Å²) in [7, 11) is -4.63. The topological polar surface area (TPSA) is 69.7 Å². The lowest BCUT2D eigenvalue weighted by Gasteiger charge is -2.37. The van der Waals surface area contributed by atoms with Gasteiger partial charge in [0.25, 0.3) is 5.60 Å². The van der Waals surface area contributed by atoms with Gasteiger partial charge in [0.05, 0.1) is 17.4 Å². The molecule has 244 valence electrons. The predicted octanol–water partition coefficient (Wildman–Crippen LogP) is 7.67. The van der Waals surface area contributed by atoms with E-state index in [4.69, 9.17) is 4.74 Å². The average Bonchev–Trinajstić information content (AvgIpc) is 3.67. The fourth-order valence-corrected chi connectivity index (χ4v) is 7.28. The Morgan fingerprint density at radius 1 is 0.822 bits per heavy atom. The van der Waals surface area contributed by atoms with Crippen molar-refractivity contribution in [3.63, 3.8) is 0 Å². The van der Waals surface area contributed by atoms with E-state index in [2.05, 4.69) is 4.74 Å². The van der Waals surface area contributed by atoms with Crippen molar-refractivity contribution in [1.29, 1.82) is 0 Å². The van der Waals surface area contributed by atoms with Crippen LogP contribution in [0.2, 0.25) is 0 Å². The summed E-state index contributed by atoms with van der Waals surface area (Å²) in [6.45, 7) is 2.72. The number of carbonyl (C=O) groups excluding carboxylic acids is 1. The molecule has 0 N–H and O–H groups in total. The van der Waals surface area contributed by atoms with E-state index >= 15 is 0 Å². The van der Waals surface area contributed by atoms with E-state index in [1.807, 2.05) is 0 Å². The molecule has 3 aromatic rings.